The molecule has 0 aliphatic carbocycles. The van der Waals surface area contributed by atoms with Crippen molar-refractivity contribution in [2.45, 2.75) is 26.3 Å². The normalized spacial score (nSPS) is 12.3. The molecule has 0 spiro atoms. The number of hydrogen-bond acceptors (Lipinski definition) is 3. The maximum absolute atomic E-state index is 12.2. The zero-order chi connectivity index (χ0) is 13.5. The van der Waals surface area contributed by atoms with Gasteiger partial charge in [-0.2, -0.15) is 0 Å². The molecule has 1 amide bonds. The van der Waals surface area contributed by atoms with Crippen LogP contribution in [0.15, 0.2) is 18.5 Å². The lowest BCUT2D eigenvalue weighted by Gasteiger charge is -2.22. The largest absolute Gasteiger partial charge is 0.494 e. The average Bonchev–Trinajstić information content (AvgIpc) is 2.37. The van der Waals surface area contributed by atoms with E-state index in [1.54, 1.807) is 18.5 Å². The smallest absolute Gasteiger partial charge is 0.255 e. The van der Waals surface area contributed by atoms with Gasteiger partial charge in [0, 0.05) is 17.6 Å². The number of nitrogens with zero attached hydrogens (tertiary/aromatic N) is 1. The van der Waals surface area contributed by atoms with E-state index in [2.05, 4.69) is 40.1 Å². The fraction of sp³-hybridized carbons (Fsp3) is 0.538. The molecule has 1 heterocycles. The van der Waals surface area contributed by atoms with Crippen molar-refractivity contribution in [3.05, 3.63) is 24.0 Å². The van der Waals surface area contributed by atoms with E-state index >= 15 is 0 Å². The molecular formula is C13H19BrN2O2. The van der Waals surface area contributed by atoms with Gasteiger partial charge in [-0.1, -0.05) is 29.8 Å². The number of carbonyl (C=O) groups excluding carboxylic acids is 1. The SMILES string of the molecule is COc1cnccc1C(=O)NC(CCBr)C(C)C. The lowest BCUT2D eigenvalue weighted by Crippen LogP contribution is -2.39. The first-order valence-corrected chi connectivity index (χ1v) is 7.07. The quantitative estimate of drug-likeness (QED) is 0.821. The van der Waals surface area contributed by atoms with Crippen LogP contribution in [0.4, 0.5) is 0 Å². The average molecular weight is 315 g/mol. The predicted molar refractivity (Wildman–Crippen MR) is 75.3 cm³/mol. The summed E-state index contributed by atoms with van der Waals surface area (Å²) in [6.45, 7) is 4.19. The summed E-state index contributed by atoms with van der Waals surface area (Å²) in [6, 6.07) is 1.81. The van der Waals surface area contributed by atoms with Crippen LogP contribution >= 0.6 is 15.9 Å². The van der Waals surface area contributed by atoms with E-state index in [4.69, 9.17) is 4.74 Å². The highest BCUT2D eigenvalue weighted by atomic mass is 79.9. The van der Waals surface area contributed by atoms with Crippen LogP contribution in [0.1, 0.15) is 30.6 Å². The number of carbonyl (C=O) groups is 1. The number of aromatic nitrogens is 1. The standard InChI is InChI=1S/C13H19BrN2O2/c1-9(2)11(4-6-14)16-13(17)10-5-7-15-8-12(10)18-3/h5,7-9,11H,4,6H2,1-3H3,(H,16,17). The van der Waals surface area contributed by atoms with Crippen molar-refractivity contribution in [1.29, 1.82) is 0 Å². The molecule has 0 fully saturated rings. The zero-order valence-electron chi connectivity index (χ0n) is 10.9. The summed E-state index contributed by atoms with van der Waals surface area (Å²) in [5.74, 6) is 0.768. The zero-order valence-corrected chi connectivity index (χ0v) is 12.5. The molecule has 1 unspecified atom stereocenters. The maximum Gasteiger partial charge on any atom is 0.255 e. The second-order valence-corrected chi connectivity index (χ2v) is 5.17. The summed E-state index contributed by atoms with van der Waals surface area (Å²) in [5, 5.41) is 3.90. The number of nitrogens with one attached hydrogen (secondary N) is 1. The van der Waals surface area contributed by atoms with Gasteiger partial charge >= 0.3 is 0 Å². The van der Waals surface area contributed by atoms with E-state index in [-0.39, 0.29) is 11.9 Å². The van der Waals surface area contributed by atoms with Gasteiger partial charge in [-0.15, -0.1) is 0 Å². The van der Waals surface area contributed by atoms with E-state index in [1.165, 1.54) is 7.11 Å². The van der Waals surface area contributed by atoms with E-state index in [9.17, 15) is 4.79 Å². The summed E-state index contributed by atoms with van der Waals surface area (Å²) in [4.78, 5) is 16.1. The highest BCUT2D eigenvalue weighted by Crippen LogP contribution is 2.17. The highest BCUT2D eigenvalue weighted by Gasteiger charge is 2.18. The molecule has 1 rings (SSSR count). The van der Waals surface area contributed by atoms with Crippen molar-refractivity contribution in [3.63, 3.8) is 0 Å². The summed E-state index contributed by atoms with van der Waals surface area (Å²) in [6.07, 6.45) is 4.03. The molecule has 0 bridgehead atoms. The molecule has 0 saturated carbocycles. The van der Waals surface area contributed by atoms with Gasteiger partial charge in [0.15, 0.2) is 0 Å². The Kier molecular flexibility index (Phi) is 6.12. The van der Waals surface area contributed by atoms with Gasteiger partial charge in [0.2, 0.25) is 0 Å². The van der Waals surface area contributed by atoms with Crippen molar-refractivity contribution in [3.8, 4) is 5.75 Å². The molecule has 5 heteroatoms. The van der Waals surface area contributed by atoms with Gasteiger partial charge < -0.3 is 10.1 Å². The van der Waals surface area contributed by atoms with Crippen LogP contribution < -0.4 is 10.1 Å². The van der Waals surface area contributed by atoms with Gasteiger partial charge in [0.25, 0.3) is 5.91 Å². The first-order chi connectivity index (χ1) is 8.60. The third-order valence-electron chi connectivity index (χ3n) is 2.79. The van der Waals surface area contributed by atoms with E-state index in [0.717, 1.165) is 11.8 Å². The number of hydrogen-bond donors (Lipinski definition) is 1. The molecule has 0 aromatic carbocycles. The predicted octanol–water partition coefficient (Wildman–Crippen LogP) is 2.63. The number of amides is 1. The Balaban J connectivity index is 2.80. The minimum absolute atomic E-state index is 0.117. The third-order valence-corrected chi connectivity index (χ3v) is 3.25. The van der Waals surface area contributed by atoms with Gasteiger partial charge in [0.1, 0.15) is 5.75 Å². The second kappa shape index (κ2) is 7.36. The van der Waals surface area contributed by atoms with E-state index in [1.807, 2.05) is 0 Å². The van der Waals surface area contributed by atoms with Crippen LogP contribution in [0.3, 0.4) is 0 Å². The van der Waals surface area contributed by atoms with Crippen LogP contribution in [0.2, 0.25) is 0 Å². The Hall–Kier alpha value is -1.10. The molecular weight excluding hydrogens is 296 g/mol. The van der Waals surface area contributed by atoms with E-state index in [0.29, 0.717) is 17.2 Å². The molecule has 4 nitrogen and oxygen atoms in total. The van der Waals surface area contributed by atoms with Crippen LogP contribution in [-0.2, 0) is 0 Å². The Morgan fingerprint density at radius 2 is 2.28 bits per heavy atom. The Morgan fingerprint density at radius 1 is 1.56 bits per heavy atom. The van der Waals surface area contributed by atoms with Crippen LogP contribution in [0.25, 0.3) is 0 Å². The molecule has 1 N–H and O–H groups in total. The van der Waals surface area contributed by atoms with Crippen LogP contribution in [0.5, 0.6) is 5.75 Å². The summed E-state index contributed by atoms with van der Waals surface area (Å²) < 4.78 is 5.14. The highest BCUT2D eigenvalue weighted by molar-refractivity contribution is 9.09. The van der Waals surface area contributed by atoms with Crippen molar-refractivity contribution in [2.24, 2.45) is 5.92 Å². The molecule has 1 aromatic rings. The third kappa shape index (κ3) is 3.98. The van der Waals surface area contributed by atoms with Crippen LogP contribution in [-0.4, -0.2) is 29.4 Å². The van der Waals surface area contributed by atoms with Crippen molar-refractivity contribution in [1.82, 2.24) is 10.3 Å². The minimum atomic E-state index is -0.117. The fourth-order valence-electron chi connectivity index (χ4n) is 1.67. The molecule has 18 heavy (non-hydrogen) atoms. The second-order valence-electron chi connectivity index (χ2n) is 4.38. The number of alkyl halides is 1. The number of rotatable bonds is 6. The number of halogens is 1. The number of methoxy groups -OCH3 is 1. The summed E-state index contributed by atoms with van der Waals surface area (Å²) in [5.41, 5.74) is 0.521. The minimum Gasteiger partial charge on any atom is -0.494 e. The van der Waals surface area contributed by atoms with Gasteiger partial charge in [-0.3, -0.25) is 9.78 Å². The number of pyridine rings is 1. The van der Waals surface area contributed by atoms with Crippen molar-refractivity contribution in [2.75, 3.05) is 12.4 Å². The first-order valence-electron chi connectivity index (χ1n) is 5.95. The Morgan fingerprint density at radius 3 is 2.83 bits per heavy atom. The molecule has 1 aromatic heterocycles. The monoisotopic (exact) mass is 314 g/mol. The lowest BCUT2D eigenvalue weighted by molar-refractivity contribution is 0.0922. The molecule has 0 saturated heterocycles. The van der Waals surface area contributed by atoms with E-state index < -0.39 is 0 Å². The van der Waals surface area contributed by atoms with Crippen LogP contribution in [0, 0.1) is 5.92 Å². The molecule has 0 aliphatic heterocycles. The van der Waals surface area contributed by atoms with Crippen molar-refractivity contribution < 1.29 is 9.53 Å². The van der Waals surface area contributed by atoms with Gasteiger partial charge in [-0.25, -0.2) is 0 Å². The molecule has 0 radical (unpaired) electrons. The van der Waals surface area contributed by atoms with Gasteiger partial charge in [-0.05, 0) is 18.4 Å². The first kappa shape index (κ1) is 15.0. The maximum atomic E-state index is 12.2. The summed E-state index contributed by atoms with van der Waals surface area (Å²) >= 11 is 3.41. The molecule has 0 aliphatic rings. The Bertz CT molecular complexity index is 396. The van der Waals surface area contributed by atoms with Gasteiger partial charge in [0.05, 0.1) is 18.9 Å². The Labute approximate surface area is 116 Å². The summed E-state index contributed by atoms with van der Waals surface area (Å²) in [7, 11) is 1.53. The fourth-order valence-corrected chi connectivity index (χ4v) is 2.16. The van der Waals surface area contributed by atoms with Crippen molar-refractivity contribution >= 4 is 21.8 Å². The molecule has 100 valence electrons. The topological polar surface area (TPSA) is 51.2 Å². The lowest BCUT2D eigenvalue weighted by atomic mass is 10.0. The number of ether oxygens (including phenoxy) is 1. The molecule has 1 atom stereocenters.